The maximum atomic E-state index is 5.66. The Morgan fingerprint density at radius 3 is 2.90 bits per heavy atom. The van der Waals surface area contributed by atoms with E-state index in [1.54, 1.807) is 7.11 Å². The number of rotatable bonds is 5. The molecule has 108 valence electrons. The summed E-state index contributed by atoms with van der Waals surface area (Å²) >= 11 is 0. The van der Waals surface area contributed by atoms with Crippen molar-refractivity contribution in [3.05, 3.63) is 35.9 Å². The van der Waals surface area contributed by atoms with Gasteiger partial charge in [0.15, 0.2) is 0 Å². The molecule has 20 heavy (non-hydrogen) atoms. The Labute approximate surface area is 120 Å². The molecule has 2 fully saturated rings. The first kappa shape index (κ1) is 13.6. The number of hydrogen-bond donors (Lipinski definition) is 0. The van der Waals surface area contributed by atoms with Crippen LogP contribution in [0, 0.1) is 0 Å². The van der Waals surface area contributed by atoms with E-state index in [2.05, 4.69) is 29.3 Å². The molecule has 2 aliphatic rings. The molecule has 2 saturated heterocycles. The molecule has 0 saturated carbocycles. The van der Waals surface area contributed by atoms with Crippen LogP contribution in [0.15, 0.2) is 35.4 Å². The molecule has 2 aliphatic heterocycles. The first-order valence-corrected chi connectivity index (χ1v) is 7.35. The minimum Gasteiger partial charge on any atom is -0.382 e. The smallest absolute Gasteiger partial charge is 0.104 e. The highest BCUT2D eigenvalue weighted by Crippen LogP contribution is 2.21. The van der Waals surface area contributed by atoms with Crippen LogP contribution in [0.2, 0.25) is 0 Å². The lowest BCUT2D eigenvalue weighted by molar-refractivity contribution is 0.0643. The predicted octanol–water partition coefficient (Wildman–Crippen LogP) is 2.09. The molecule has 1 unspecified atom stereocenters. The molecular weight excluding hydrogens is 252 g/mol. The van der Waals surface area contributed by atoms with Crippen molar-refractivity contribution in [2.24, 2.45) is 5.10 Å². The van der Waals surface area contributed by atoms with Crippen LogP contribution in [0.5, 0.6) is 0 Å². The highest BCUT2D eigenvalue weighted by molar-refractivity contribution is 5.94. The van der Waals surface area contributed by atoms with Gasteiger partial charge in [-0.2, -0.15) is 5.10 Å². The van der Waals surface area contributed by atoms with Crippen LogP contribution in [0.25, 0.3) is 0 Å². The van der Waals surface area contributed by atoms with Gasteiger partial charge in [-0.25, -0.2) is 0 Å². The third kappa shape index (κ3) is 3.02. The number of nitrogens with zero attached hydrogens (tertiary/aromatic N) is 2. The highest BCUT2D eigenvalue weighted by atomic mass is 16.5. The summed E-state index contributed by atoms with van der Waals surface area (Å²) in [7, 11) is 1.76. The fourth-order valence-electron chi connectivity index (χ4n) is 2.85. The van der Waals surface area contributed by atoms with E-state index in [4.69, 9.17) is 14.6 Å². The summed E-state index contributed by atoms with van der Waals surface area (Å²) in [4.78, 5) is 0. The van der Waals surface area contributed by atoms with E-state index in [-0.39, 0.29) is 6.10 Å². The minimum atomic E-state index is 0.154. The van der Waals surface area contributed by atoms with Crippen LogP contribution in [0.1, 0.15) is 18.4 Å². The molecule has 0 aromatic heterocycles. The second kappa shape index (κ2) is 6.37. The van der Waals surface area contributed by atoms with Gasteiger partial charge in [0.1, 0.15) is 6.10 Å². The molecule has 0 spiro atoms. The van der Waals surface area contributed by atoms with E-state index >= 15 is 0 Å². The maximum absolute atomic E-state index is 5.66. The Kier molecular flexibility index (Phi) is 4.33. The van der Waals surface area contributed by atoms with E-state index in [1.807, 2.05) is 6.07 Å². The fourth-order valence-corrected chi connectivity index (χ4v) is 2.85. The molecule has 0 aliphatic carbocycles. The van der Waals surface area contributed by atoms with Gasteiger partial charge in [-0.1, -0.05) is 30.3 Å². The Morgan fingerprint density at radius 2 is 2.20 bits per heavy atom. The van der Waals surface area contributed by atoms with Crippen LogP contribution in [0.4, 0.5) is 0 Å². The molecule has 1 aromatic rings. The zero-order valence-electron chi connectivity index (χ0n) is 12.0. The van der Waals surface area contributed by atoms with Crippen molar-refractivity contribution in [3.8, 4) is 0 Å². The molecule has 4 heteroatoms. The number of benzene rings is 1. The lowest BCUT2D eigenvalue weighted by Crippen LogP contribution is -2.44. The lowest BCUT2D eigenvalue weighted by atomic mass is 10.0. The molecule has 2 heterocycles. The first-order chi connectivity index (χ1) is 9.86. The van der Waals surface area contributed by atoms with Gasteiger partial charge in [-0.3, -0.25) is 5.01 Å². The van der Waals surface area contributed by atoms with Crippen LogP contribution < -0.4 is 0 Å². The zero-order chi connectivity index (χ0) is 13.8. The van der Waals surface area contributed by atoms with Crippen molar-refractivity contribution in [3.63, 3.8) is 0 Å². The monoisotopic (exact) mass is 274 g/mol. The van der Waals surface area contributed by atoms with Crippen LogP contribution in [-0.2, 0) is 15.9 Å². The van der Waals surface area contributed by atoms with E-state index in [1.165, 1.54) is 24.1 Å². The summed E-state index contributed by atoms with van der Waals surface area (Å²) in [5.74, 6) is 0. The van der Waals surface area contributed by atoms with Crippen molar-refractivity contribution in [1.82, 2.24) is 5.01 Å². The minimum absolute atomic E-state index is 0.154. The van der Waals surface area contributed by atoms with E-state index in [0.29, 0.717) is 12.6 Å². The Hall–Kier alpha value is -1.39. The van der Waals surface area contributed by atoms with E-state index < -0.39 is 0 Å². The third-order valence-electron chi connectivity index (χ3n) is 4.03. The molecule has 0 radical (unpaired) electrons. The van der Waals surface area contributed by atoms with E-state index in [0.717, 1.165) is 19.6 Å². The molecule has 2 atom stereocenters. The zero-order valence-corrected chi connectivity index (χ0v) is 12.0. The quantitative estimate of drug-likeness (QED) is 0.824. The summed E-state index contributed by atoms with van der Waals surface area (Å²) < 4.78 is 10.9. The lowest BCUT2D eigenvalue weighted by Gasteiger charge is -2.32. The Bertz CT molecular complexity index is 461. The molecule has 1 aromatic carbocycles. The number of ether oxygens (including phenoxy) is 2. The van der Waals surface area contributed by atoms with Crippen molar-refractivity contribution in [2.45, 2.75) is 31.4 Å². The molecule has 0 bridgehead atoms. The average molecular weight is 274 g/mol. The summed E-state index contributed by atoms with van der Waals surface area (Å²) in [6, 6.07) is 10.9. The summed E-state index contributed by atoms with van der Waals surface area (Å²) in [6.07, 6.45) is 3.45. The largest absolute Gasteiger partial charge is 0.382 e. The fraction of sp³-hybridized carbons (Fsp3) is 0.562. The average Bonchev–Trinajstić information content (AvgIpc) is 2.90. The summed E-state index contributed by atoms with van der Waals surface area (Å²) in [6.45, 7) is 2.48. The Balaban J connectivity index is 1.61. The molecule has 4 nitrogen and oxygen atoms in total. The van der Waals surface area contributed by atoms with Gasteiger partial charge in [-0.05, 0) is 18.4 Å². The summed E-state index contributed by atoms with van der Waals surface area (Å²) in [5, 5.41) is 7.00. The summed E-state index contributed by atoms with van der Waals surface area (Å²) in [5.41, 5.74) is 2.48. The topological polar surface area (TPSA) is 34.1 Å². The molecule has 3 rings (SSSR count). The number of hydrazone groups is 1. The molecule has 0 amide bonds. The van der Waals surface area contributed by atoms with Gasteiger partial charge >= 0.3 is 0 Å². The van der Waals surface area contributed by atoms with Crippen molar-refractivity contribution in [1.29, 1.82) is 0 Å². The first-order valence-electron chi connectivity index (χ1n) is 7.35. The van der Waals surface area contributed by atoms with Gasteiger partial charge in [0.2, 0.25) is 0 Å². The highest BCUT2D eigenvalue weighted by Gasteiger charge is 2.30. The molecular formula is C16H22N2O2. The van der Waals surface area contributed by atoms with Crippen LogP contribution >= 0.6 is 0 Å². The van der Waals surface area contributed by atoms with Gasteiger partial charge in [0.25, 0.3) is 0 Å². The second-order valence-electron chi connectivity index (χ2n) is 5.50. The Morgan fingerprint density at radius 1 is 1.35 bits per heavy atom. The number of hydrogen-bond acceptors (Lipinski definition) is 4. The van der Waals surface area contributed by atoms with Gasteiger partial charge in [-0.15, -0.1) is 0 Å². The SMILES string of the molecule is COC[C@@H]1CCCN1/N=C1\COC1Cc1ccccc1. The van der Waals surface area contributed by atoms with Crippen LogP contribution in [-0.4, -0.2) is 49.7 Å². The van der Waals surface area contributed by atoms with E-state index in [9.17, 15) is 0 Å². The van der Waals surface area contributed by atoms with Crippen molar-refractivity contribution < 1.29 is 9.47 Å². The van der Waals surface area contributed by atoms with Gasteiger partial charge in [0, 0.05) is 20.1 Å². The second-order valence-corrected chi connectivity index (χ2v) is 5.50. The van der Waals surface area contributed by atoms with Crippen molar-refractivity contribution >= 4 is 5.71 Å². The third-order valence-corrected chi connectivity index (χ3v) is 4.03. The normalized spacial score (nSPS) is 27.9. The maximum Gasteiger partial charge on any atom is 0.104 e. The predicted molar refractivity (Wildman–Crippen MR) is 78.9 cm³/mol. The van der Waals surface area contributed by atoms with Gasteiger partial charge in [0.05, 0.1) is 25.0 Å². The van der Waals surface area contributed by atoms with Crippen LogP contribution in [0.3, 0.4) is 0 Å². The van der Waals surface area contributed by atoms with Crippen molar-refractivity contribution in [2.75, 3.05) is 26.9 Å². The standard InChI is InChI=1S/C16H22N2O2/c1-19-11-14-8-5-9-18(14)17-15-12-20-16(15)10-13-6-3-2-4-7-13/h2-4,6-7,14,16H,5,8-12H2,1H3/b17-15+/t14-,16?/m0/s1. The number of methoxy groups -OCH3 is 1. The van der Waals surface area contributed by atoms with Gasteiger partial charge < -0.3 is 9.47 Å². The molecule has 0 N–H and O–H groups in total.